The highest BCUT2D eigenvalue weighted by molar-refractivity contribution is 6.04. The fourth-order valence-electron chi connectivity index (χ4n) is 4.41. The van der Waals surface area contributed by atoms with Crippen LogP contribution in [0.1, 0.15) is 24.4 Å². The van der Waals surface area contributed by atoms with E-state index < -0.39 is 0 Å². The molecule has 1 unspecified atom stereocenters. The first-order valence-electron chi connectivity index (χ1n) is 10.5. The van der Waals surface area contributed by atoms with E-state index in [2.05, 4.69) is 0 Å². The molecule has 0 amide bonds. The van der Waals surface area contributed by atoms with Crippen LogP contribution in [-0.4, -0.2) is 36.8 Å². The van der Waals surface area contributed by atoms with Gasteiger partial charge in [-0.15, -0.1) is 0 Å². The lowest BCUT2D eigenvalue weighted by atomic mass is 10.2. The van der Waals surface area contributed by atoms with Crippen LogP contribution in [-0.2, 0) is 17.8 Å². The molecule has 0 saturated carbocycles. The smallest absolute Gasteiger partial charge is 0.265 e. The minimum absolute atomic E-state index is 0.0408. The van der Waals surface area contributed by atoms with Crippen LogP contribution in [0.25, 0.3) is 33.2 Å². The number of aryl methyl sites for hydroxylation is 1. The van der Waals surface area contributed by atoms with Crippen LogP contribution in [0.4, 0.5) is 0 Å². The molecule has 1 atom stereocenters. The summed E-state index contributed by atoms with van der Waals surface area (Å²) >= 11 is 0. The third-order valence-electron chi connectivity index (χ3n) is 5.95. The molecular formula is C23H21N5O3. The number of aromatic nitrogens is 5. The molecule has 5 heterocycles. The molecule has 4 aromatic heterocycles. The first-order valence-corrected chi connectivity index (χ1v) is 10.5. The number of furan rings is 1. The van der Waals surface area contributed by atoms with Gasteiger partial charge in [0.05, 0.1) is 36.5 Å². The van der Waals surface area contributed by atoms with Gasteiger partial charge in [0.25, 0.3) is 5.56 Å². The molecule has 1 fully saturated rings. The monoisotopic (exact) mass is 415 g/mol. The second-order valence-electron chi connectivity index (χ2n) is 7.96. The summed E-state index contributed by atoms with van der Waals surface area (Å²) in [4.78, 5) is 28.2. The van der Waals surface area contributed by atoms with Crippen molar-refractivity contribution in [3.63, 3.8) is 0 Å². The molecule has 6 rings (SSSR count). The Bertz CT molecular complexity index is 1480. The molecule has 31 heavy (non-hydrogen) atoms. The summed E-state index contributed by atoms with van der Waals surface area (Å²) in [6, 6.07) is 11.4. The minimum Gasteiger partial charge on any atom is -0.467 e. The second kappa shape index (κ2) is 7.02. The Kier molecular flexibility index (Phi) is 4.14. The van der Waals surface area contributed by atoms with Crippen molar-refractivity contribution in [2.24, 2.45) is 0 Å². The summed E-state index contributed by atoms with van der Waals surface area (Å²) in [7, 11) is 0. The first kappa shape index (κ1) is 18.3. The van der Waals surface area contributed by atoms with Crippen LogP contribution in [0.3, 0.4) is 0 Å². The van der Waals surface area contributed by atoms with Crippen molar-refractivity contribution >= 4 is 33.2 Å². The van der Waals surface area contributed by atoms with Crippen LogP contribution >= 0.6 is 0 Å². The molecule has 0 aliphatic carbocycles. The molecule has 0 radical (unpaired) electrons. The van der Waals surface area contributed by atoms with E-state index in [1.807, 2.05) is 47.9 Å². The maximum Gasteiger partial charge on any atom is 0.265 e. The number of hydrogen-bond acceptors (Lipinski definition) is 6. The Hall–Kier alpha value is -3.52. The molecule has 0 bridgehead atoms. The average Bonchev–Trinajstić information content (AvgIpc) is 3.52. The van der Waals surface area contributed by atoms with Crippen molar-refractivity contribution in [3.8, 4) is 0 Å². The number of rotatable bonds is 4. The highest BCUT2D eigenvalue weighted by Gasteiger charge is 2.24. The van der Waals surface area contributed by atoms with Gasteiger partial charge in [-0.05, 0) is 44.0 Å². The van der Waals surface area contributed by atoms with Crippen molar-refractivity contribution < 1.29 is 9.15 Å². The Morgan fingerprint density at radius 2 is 1.87 bits per heavy atom. The maximum absolute atomic E-state index is 13.7. The number of benzene rings is 1. The molecule has 1 aromatic carbocycles. The largest absolute Gasteiger partial charge is 0.467 e. The van der Waals surface area contributed by atoms with Gasteiger partial charge < -0.3 is 13.7 Å². The molecule has 156 valence electrons. The van der Waals surface area contributed by atoms with Crippen LogP contribution in [0.2, 0.25) is 0 Å². The van der Waals surface area contributed by atoms with Crippen LogP contribution in [0.15, 0.2) is 51.9 Å². The lowest BCUT2D eigenvalue weighted by Crippen LogP contribution is -2.29. The standard InChI is InChI=1S/C23H21N5O3/c1-14-24-21-19(23(29)27(14)12-15-6-4-10-30-15)20-22(28(21)13-16-7-5-11-31-16)26-18-9-3-2-8-17(18)25-20/h2-3,5,7-9,11,15H,4,6,10,12-13H2,1H3. The SMILES string of the molecule is Cc1nc2c(c(=O)n1CC1CCCO1)c1nc3ccccc3nc1n2Cc1ccco1. The zero-order valence-electron chi connectivity index (χ0n) is 17.1. The first-order chi connectivity index (χ1) is 15.2. The van der Waals surface area contributed by atoms with Crippen LogP contribution in [0, 0.1) is 6.92 Å². The summed E-state index contributed by atoms with van der Waals surface area (Å²) in [6.07, 6.45) is 3.65. The third-order valence-corrected chi connectivity index (χ3v) is 5.95. The van der Waals surface area contributed by atoms with E-state index in [1.165, 1.54) is 0 Å². The normalized spacial score (nSPS) is 16.7. The fourth-order valence-corrected chi connectivity index (χ4v) is 4.41. The molecule has 1 saturated heterocycles. The molecular weight excluding hydrogens is 394 g/mol. The minimum atomic E-state index is -0.106. The lowest BCUT2D eigenvalue weighted by Gasteiger charge is -2.14. The summed E-state index contributed by atoms with van der Waals surface area (Å²) < 4.78 is 15.0. The summed E-state index contributed by atoms with van der Waals surface area (Å²) in [5.74, 6) is 1.41. The van der Waals surface area contributed by atoms with Gasteiger partial charge in [-0.2, -0.15) is 0 Å². The van der Waals surface area contributed by atoms with Crippen LogP contribution in [0.5, 0.6) is 0 Å². The third kappa shape index (κ3) is 2.94. The molecule has 1 aliphatic rings. The van der Waals surface area contributed by atoms with E-state index in [1.54, 1.807) is 10.8 Å². The molecule has 0 N–H and O–H groups in total. The van der Waals surface area contributed by atoms with Gasteiger partial charge in [-0.25, -0.2) is 15.0 Å². The topological polar surface area (TPSA) is 88.0 Å². The van der Waals surface area contributed by atoms with Crippen molar-refractivity contribution in [2.45, 2.75) is 39.0 Å². The van der Waals surface area contributed by atoms with E-state index in [9.17, 15) is 4.79 Å². The van der Waals surface area contributed by atoms with Gasteiger partial charge in [-0.3, -0.25) is 9.36 Å². The van der Waals surface area contributed by atoms with Crippen molar-refractivity contribution in [1.82, 2.24) is 24.1 Å². The zero-order valence-corrected chi connectivity index (χ0v) is 17.1. The molecule has 1 aliphatic heterocycles. The Balaban J connectivity index is 1.66. The van der Waals surface area contributed by atoms with E-state index in [0.717, 1.165) is 36.2 Å². The maximum atomic E-state index is 13.7. The van der Waals surface area contributed by atoms with Gasteiger partial charge in [0, 0.05) is 6.61 Å². The molecule has 5 aromatic rings. The number of para-hydroxylation sites is 2. The summed E-state index contributed by atoms with van der Waals surface area (Å²) in [5.41, 5.74) is 3.19. The number of fused-ring (bicyclic) bond motifs is 4. The van der Waals surface area contributed by atoms with E-state index in [4.69, 9.17) is 24.1 Å². The Labute approximate surface area is 177 Å². The Morgan fingerprint density at radius 1 is 1.03 bits per heavy atom. The van der Waals surface area contributed by atoms with E-state index in [0.29, 0.717) is 41.1 Å². The number of hydrogen-bond donors (Lipinski definition) is 0. The van der Waals surface area contributed by atoms with Crippen molar-refractivity contribution in [3.05, 3.63) is 64.6 Å². The molecule has 0 spiro atoms. The quantitative estimate of drug-likeness (QED) is 0.447. The van der Waals surface area contributed by atoms with Gasteiger partial charge >= 0.3 is 0 Å². The lowest BCUT2D eigenvalue weighted by molar-refractivity contribution is 0.0955. The predicted molar refractivity (Wildman–Crippen MR) is 116 cm³/mol. The predicted octanol–water partition coefficient (Wildman–Crippen LogP) is 3.42. The highest BCUT2D eigenvalue weighted by atomic mass is 16.5. The second-order valence-corrected chi connectivity index (χ2v) is 7.96. The number of nitrogens with zero attached hydrogens (tertiary/aromatic N) is 5. The Morgan fingerprint density at radius 3 is 2.61 bits per heavy atom. The van der Waals surface area contributed by atoms with Gasteiger partial charge in [0.15, 0.2) is 11.3 Å². The van der Waals surface area contributed by atoms with E-state index >= 15 is 0 Å². The average molecular weight is 415 g/mol. The van der Waals surface area contributed by atoms with E-state index in [-0.39, 0.29) is 11.7 Å². The fraction of sp³-hybridized carbons (Fsp3) is 0.304. The van der Waals surface area contributed by atoms with Crippen LogP contribution < -0.4 is 5.56 Å². The van der Waals surface area contributed by atoms with Gasteiger partial charge in [0.2, 0.25) is 0 Å². The highest BCUT2D eigenvalue weighted by Crippen LogP contribution is 2.27. The summed E-state index contributed by atoms with van der Waals surface area (Å²) in [5, 5.41) is 0.489. The van der Waals surface area contributed by atoms with Gasteiger partial charge in [0.1, 0.15) is 22.5 Å². The zero-order chi connectivity index (χ0) is 20.9. The summed E-state index contributed by atoms with van der Waals surface area (Å²) in [6.45, 7) is 3.53. The van der Waals surface area contributed by atoms with Crippen molar-refractivity contribution in [2.75, 3.05) is 6.61 Å². The molecule has 8 nitrogen and oxygen atoms in total. The van der Waals surface area contributed by atoms with Gasteiger partial charge in [-0.1, -0.05) is 12.1 Å². The van der Waals surface area contributed by atoms with Crippen molar-refractivity contribution in [1.29, 1.82) is 0 Å². The number of ether oxygens (including phenoxy) is 1. The molecule has 8 heteroatoms.